The molecule has 0 aliphatic rings. The van der Waals surface area contributed by atoms with Gasteiger partial charge in [-0.2, -0.15) is 13.2 Å². The largest absolute Gasteiger partial charge is 0.445 e. The molecule has 0 saturated carbocycles. The molecule has 0 aromatic rings. The third-order valence-electron chi connectivity index (χ3n) is 0.564. The average Bonchev–Trinajstić information content (AvgIpc) is 1.60. The Kier molecular flexibility index (Phi) is 3.38. The number of rotatable bonds is 2. The molecule has 0 aliphatic heterocycles. The second-order valence-corrected chi connectivity index (χ2v) is 2.15. The van der Waals surface area contributed by atoms with Crippen LogP contribution in [-0.4, -0.2) is 18.1 Å². The van der Waals surface area contributed by atoms with Crippen molar-refractivity contribution in [2.45, 2.75) is 25.0 Å². The Morgan fingerprint density at radius 2 is 1.80 bits per heavy atom. The molecule has 0 N–H and O–H groups in total. The summed E-state index contributed by atoms with van der Waals surface area (Å²) in [7, 11) is 0. The molecule has 0 aliphatic carbocycles. The fourth-order valence-corrected chi connectivity index (χ4v) is 0.332. The summed E-state index contributed by atoms with van der Waals surface area (Å²) in [6, 6.07) is 0. The predicted octanol–water partition coefficient (Wildman–Crippen LogP) is 2.45. The molecular weight excluding hydrogens is 175 g/mol. The van der Waals surface area contributed by atoms with Crippen LogP contribution in [0.25, 0.3) is 0 Å². The summed E-state index contributed by atoms with van der Waals surface area (Å²) in [5.74, 6) is 0. The molecule has 2 atom stereocenters. The Hall–Kier alpha value is -0.0300. The van der Waals surface area contributed by atoms with E-state index < -0.39 is 18.1 Å². The maximum atomic E-state index is 11.7. The lowest BCUT2D eigenvalue weighted by atomic mass is 10.6. The first-order valence-corrected chi connectivity index (χ1v) is 2.78. The van der Waals surface area contributed by atoms with E-state index in [1.165, 1.54) is 0 Å². The molecule has 0 rings (SSSR count). The first kappa shape index (κ1) is 9.97. The van der Waals surface area contributed by atoms with E-state index in [0.717, 1.165) is 6.92 Å². The maximum absolute atomic E-state index is 11.7. The van der Waals surface area contributed by atoms with Gasteiger partial charge in [-0.3, -0.25) is 0 Å². The molecule has 1 nitrogen and oxygen atoms in total. The molecule has 0 heterocycles. The molecule has 6 heteroatoms. The number of halogens is 5. The van der Waals surface area contributed by atoms with Crippen LogP contribution in [0.4, 0.5) is 17.6 Å². The Morgan fingerprint density at radius 1 is 1.40 bits per heavy atom. The van der Waals surface area contributed by atoms with Crippen LogP contribution in [0.2, 0.25) is 0 Å². The van der Waals surface area contributed by atoms with E-state index in [0.29, 0.717) is 0 Å². The first-order chi connectivity index (χ1) is 4.34. The monoisotopic (exact) mass is 180 g/mol. The van der Waals surface area contributed by atoms with E-state index in [1.807, 2.05) is 0 Å². The van der Waals surface area contributed by atoms with Gasteiger partial charge in [0.2, 0.25) is 0 Å². The summed E-state index contributed by atoms with van der Waals surface area (Å²) in [5, 5.41) is 0. The fraction of sp³-hybridized carbons (Fsp3) is 1.00. The van der Waals surface area contributed by atoms with E-state index in [1.54, 1.807) is 0 Å². The highest BCUT2D eigenvalue weighted by atomic mass is 35.5. The highest BCUT2D eigenvalue weighted by molar-refractivity contribution is 6.19. The maximum Gasteiger partial charge on any atom is 0.445 e. The average molecular weight is 181 g/mol. The van der Waals surface area contributed by atoms with Crippen LogP contribution < -0.4 is 0 Å². The van der Waals surface area contributed by atoms with E-state index in [-0.39, 0.29) is 0 Å². The molecule has 0 fully saturated rings. The van der Waals surface area contributed by atoms with Gasteiger partial charge in [0, 0.05) is 0 Å². The van der Waals surface area contributed by atoms with Gasteiger partial charge in [-0.05, 0) is 6.92 Å². The van der Waals surface area contributed by atoms with Crippen molar-refractivity contribution in [2.24, 2.45) is 0 Å². The van der Waals surface area contributed by atoms with Crippen LogP contribution in [0.15, 0.2) is 0 Å². The van der Waals surface area contributed by atoms with Crippen LogP contribution in [0, 0.1) is 0 Å². The number of hydrogen-bond donors (Lipinski definition) is 0. The van der Waals surface area contributed by atoms with Crippen molar-refractivity contribution in [1.29, 1.82) is 0 Å². The fourth-order valence-electron chi connectivity index (χ4n) is 0.242. The smallest absolute Gasteiger partial charge is 0.322 e. The van der Waals surface area contributed by atoms with Crippen molar-refractivity contribution >= 4 is 11.6 Å². The summed E-state index contributed by atoms with van der Waals surface area (Å²) in [6.45, 7) is 1.10. The SMILES string of the molecule is CC(Cl)OC(F)C(F)(F)F. The zero-order valence-electron chi connectivity index (χ0n) is 4.95. The second kappa shape index (κ2) is 3.39. The minimum Gasteiger partial charge on any atom is -0.322 e. The quantitative estimate of drug-likeness (QED) is 0.469. The van der Waals surface area contributed by atoms with Crippen LogP contribution in [0.3, 0.4) is 0 Å². The number of alkyl halides is 5. The molecule has 0 radical (unpaired) electrons. The van der Waals surface area contributed by atoms with E-state index in [4.69, 9.17) is 11.6 Å². The summed E-state index contributed by atoms with van der Waals surface area (Å²) in [4.78, 5) is 0. The lowest BCUT2D eigenvalue weighted by Crippen LogP contribution is -2.28. The van der Waals surface area contributed by atoms with Gasteiger partial charge < -0.3 is 4.74 Å². The predicted molar refractivity (Wildman–Crippen MR) is 27.4 cm³/mol. The van der Waals surface area contributed by atoms with Crippen LogP contribution in [0.1, 0.15) is 6.92 Å². The molecule has 0 saturated heterocycles. The van der Waals surface area contributed by atoms with Gasteiger partial charge in [0.15, 0.2) is 0 Å². The zero-order chi connectivity index (χ0) is 8.36. The van der Waals surface area contributed by atoms with Gasteiger partial charge in [-0.15, -0.1) is 0 Å². The summed E-state index contributed by atoms with van der Waals surface area (Å²) < 4.78 is 49.1. The van der Waals surface area contributed by atoms with Gasteiger partial charge in [0.1, 0.15) is 5.56 Å². The van der Waals surface area contributed by atoms with Gasteiger partial charge in [-0.1, -0.05) is 11.6 Å². The molecule has 0 amide bonds. The molecule has 0 aromatic carbocycles. The van der Waals surface area contributed by atoms with Crippen LogP contribution >= 0.6 is 11.6 Å². The summed E-state index contributed by atoms with van der Waals surface area (Å²) >= 11 is 4.92. The molecule has 0 aromatic heterocycles. The Balaban J connectivity index is 3.73. The highest BCUT2D eigenvalue weighted by Crippen LogP contribution is 2.25. The van der Waals surface area contributed by atoms with E-state index in [2.05, 4.69) is 4.74 Å². The Bertz CT molecular complexity index is 102. The third-order valence-corrected chi connectivity index (χ3v) is 0.667. The summed E-state index contributed by atoms with van der Waals surface area (Å²) in [6.07, 6.45) is -8.27. The third kappa shape index (κ3) is 3.90. The van der Waals surface area contributed by atoms with Crippen molar-refractivity contribution in [3.8, 4) is 0 Å². The van der Waals surface area contributed by atoms with Crippen LogP contribution in [0.5, 0.6) is 0 Å². The van der Waals surface area contributed by atoms with Gasteiger partial charge in [-0.25, -0.2) is 4.39 Å². The van der Waals surface area contributed by atoms with E-state index >= 15 is 0 Å². The van der Waals surface area contributed by atoms with Crippen molar-refractivity contribution in [1.82, 2.24) is 0 Å². The van der Waals surface area contributed by atoms with Gasteiger partial charge in [0.05, 0.1) is 0 Å². The number of hydrogen-bond acceptors (Lipinski definition) is 1. The van der Waals surface area contributed by atoms with Gasteiger partial charge >= 0.3 is 6.18 Å². The Morgan fingerprint density at radius 3 is 1.90 bits per heavy atom. The number of ether oxygens (including phenoxy) is 1. The topological polar surface area (TPSA) is 9.23 Å². The molecule has 10 heavy (non-hydrogen) atoms. The normalized spacial score (nSPS) is 18.6. The molecule has 2 unspecified atom stereocenters. The van der Waals surface area contributed by atoms with Crippen molar-refractivity contribution in [3.05, 3.63) is 0 Å². The van der Waals surface area contributed by atoms with E-state index in [9.17, 15) is 17.6 Å². The van der Waals surface area contributed by atoms with Crippen molar-refractivity contribution in [3.63, 3.8) is 0 Å². The van der Waals surface area contributed by atoms with Gasteiger partial charge in [0.25, 0.3) is 6.36 Å². The molecule has 0 spiro atoms. The zero-order valence-corrected chi connectivity index (χ0v) is 5.71. The highest BCUT2D eigenvalue weighted by Gasteiger charge is 2.42. The molecule has 0 bridgehead atoms. The lowest BCUT2D eigenvalue weighted by molar-refractivity contribution is -0.267. The van der Waals surface area contributed by atoms with Crippen LogP contribution in [-0.2, 0) is 4.74 Å². The standard InChI is InChI=1S/C4H5ClF4O/c1-2(5)10-3(6)4(7,8)9/h2-3H,1H3. The minimum absolute atomic E-state index is 1.10. The molecular formula is C4H5ClF4O. The van der Waals surface area contributed by atoms with Crippen molar-refractivity contribution in [2.75, 3.05) is 0 Å². The minimum atomic E-state index is -4.98. The second-order valence-electron chi connectivity index (χ2n) is 1.54. The molecule has 62 valence electrons. The van der Waals surface area contributed by atoms with Crippen molar-refractivity contribution < 1.29 is 22.3 Å². The Labute approximate surface area is 59.9 Å². The summed E-state index contributed by atoms with van der Waals surface area (Å²) in [5.41, 5.74) is -1.28. The lowest BCUT2D eigenvalue weighted by Gasteiger charge is -2.13. The first-order valence-electron chi connectivity index (χ1n) is 2.34.